The van der Waals surface area contributed by atoms with Crippen molar-refractivity contribution in [2.24, 2.45) is 0 Å². The fraction of sp³-hybridized carbons (Fsp3) is 0.182. The standard InChI is InChI=1S/C11H12N6/c1-2-15-17(4-1)7-6-16-5-3-13-11(16)10-8-12-9-14-10/h1-5,8-9H,6-7H2,(H,12,14). The predicted octanol–water partition coefficient (Wildman–Crippen LogP) is 1.17. The molecule has 0 aliphatic heterocycles. The number of hydrogen-bond acceptors (Lipinski definition) is 3. The molecule has 0 aliphatic carbocycles. The van der Waals surface area contributed by atoms with Gasteiger partial charge in [-0.15, -0.1) is 0 Å². The molecule has 3 aromatic heterocycles. The number of imidazole rings is 2. The van der Waals surface area contributed by atoms with Crippen LogP contribution in [0.15, 0.2) is 43.4 Å². The van der Waals surface area contributed by atoms with E-state index in [0.717, 1.165) is 24.6 Å². The first-order valence-electron chi connectivity index (χ1n) is 5.41. The maximum absolute atomic E-state index is 4.32. The van der Waals surface area contributed by atoms with E-state index in [1.54, 1.807) is 24.9 Å². The number of aromatic amines is 1. The second kappa shape index (κ2) is 4.25. The molecule has 3 aromatic rings. The third-order valence-electron chi connectivity index (χ3n) is 2.58. The number of nitrogens with one attached hydrogen (secondary N) is 1. The van der Waals surface area contributed by atoms with Gasteiger partial charge in [-0.05, 0) is 6.07 Å². The molecule has 3 rings (SSSR count). The molecule has 0 saturated carbocycles. The lowest BCUT2D eigenvalue weighted by molar-refractivity contribution is 0.536. The molecule has 17 heavy (non-hydrogen) atoms. The Morgan fingerprint density at radius 2 is 2.18 bits per heavy atom. The van der Waals surface area contributed by atoms with Crippen LogP contribution < -0.4 is 0 Å². The maximum atomic E-state index is 4.32. The summed E-state index contributed by atoms with van der Waals surface area (Å²) < 4.78 is 3.98. The van der Waals surface area contributed by atoms with Gasteiger partial charge in [-0.1, -0.05) is 0 Å². The van der Waals surface area contributed by atoms with Gasteiger partial charge in [-0.3, -0.25) is 4.68 Å². The summed E-state index contributed by atoms with van der Waals surface area (Å²) in [6.07, 6.45) is 10.9. The second-order valence-corrected chi connectivity index (χ2v) is 3.68. The van der Waals surface area contributed by atoms with Gasteiger partial charge in [-0.2, -0.15) is 5.10 Å². The molecule has 6 heteroatoms. The Kier molecular flexibility index (Phi) is 2.45. The van der Waals surface area contributed by atoms with Crippen LogP contribution >= 0.6 is 0 Å². The molecule has 0 fully saturated rings. The predicted molar refractivity (Wildman–Crippen MR) is 62.0 cm³/mol. The first-order valence-corrected chi connectivity index (χ1v) is 5.41. The molecule has 6 nitrogen and oxygen atoms in total. The summed E-state index contributed by atoms with van der Waals surface area (Å²) in [5.41, 5.74) is 0.926. The summed E-state index contributed by atoms with van der Waals surface area (Å²) in [6, 6.07) is 1.92. The first-order chi connectivity index (χ1) is 8.43. The van der Waals surface area contributed by atoms with E-state index in [1.165, 1.54) is 0 Å². The van der Waals surface area contributed by atoms with Crippen molar-refractivity contribution >= 4 is 0 Å². The third kappa shape index (κ3) is 1.96. The van der Waals surface area contributed by atoms with Crippen molar-refractivity contribution in [1.82, 2.24) is 29.3 Å². The summed E-state index contributed by atoms with van der Waals surface area (Å²) in [4.78, 5) is 11.4. The summed E-state index contributed by atoms with van der Waals surface area (Å²) in [7, 11) is 0. The van der Waals surface area contributed by atoms with Gasteiger partial charge in [0.1, 0.15) is 5.69 Å². The van der Waals surface area contributed by atoms with Crippen LogP contribution in [0, 0.1) is 0 Å². The van der Waals surface area contributed by atoms with Gasteiger partial charge in [0.25, 0.3) is 0 Å². The smallest absolute Gasteiger partial charge is 0.158 e. The average Bonchev–Trinajstić information content (AvgIpc) is 3.09. The molecule has 1 N–H and O–H groups in total. The lowest BCUT2D eigenvalue weighted by Gasteiger charge is -2.06. The highest BCUT2D eigenvalue weighted by Crippen LogP contribution is 2.13. The number of hydrogen-bond donors (Lipinski definition) is 1. The maximum Gasteiger partial charge on any atom is 0.158 e. The van der Waals surface area contributed by atoms with E-state index in [1.807, 2.05) is 23.1 Å². The Balaban J connectivity index is 1.78. The quantitative estimate of drug-likeness (QED) is 0.729. The van der Waals surface area contributed by atoms with Gasteiger partial charge in [-0.25, -0.2) is 9.97 Å². The molecule has 86 valence electrons. The van der Waals surface area contributed by atoms with E-state index in [0.29, 0.717) is 0 Å². The Hall–Kier alpha value is -2.37. The minimum atomic E-state index is 0.824. The van der Waals surface area contributed by atoms with E-state index < -0.39 is 0 Å². The Bertz CT molecular complexity index is 563. The summed E-state index contributed by atoms with van der Waals surface area (Å²) in [5.74, 6) is 0.898. The van der Waals surface area contributed by atoms with Gasteiger partial charge in [0.15, 0.2) is 5.82 Å². The number of rotatable bonds is 4. The molecule has 0 aromatic carbocycles. The zero-order chi connectivity index (χ0) is 11.5. The Morgan fingerprint density at radius 3 is 2.94 bits per heavy atom. The first kappa shape index (κ1) is 9.83. The lowest BCUT2D eigenvalue weighted by atomic mass is 10.4. The van der Waals surface area contributed by atoms with Crippen molar-refractivity contribution in [2.45, 2.75) is 13.1 Å². The normalized spacial score (nSPS) is 10.8. The highest BCUT2D eigenvalue weighted by molar-refractivity contribution is 5.47. The Labute approximate surface area is 98.0 Å². The average molecular weight is 228 g/mol. The minimum Gasteiger partial charge on any atom is -0.342 e. The zero-order valence-electron chi connectivity index (χ0n) is 9.19. The van der Waals surface area contributed by atoms with E-state index in [2.05, 4.69) is 24.6 Å². The van der Waals surface area contributed by atoms with Crippen LogP contribution in [0.25, 0.3) is 11.5 Å². The molecule has 0 amide bonds. The molecular formula is C11H12N6. The lowest BCUT2D eigenvalue weighted by Crippen LogP contribution is -2.08. The van der Waals surface area contributed by atoms with E-state index in [9.17, 15) is 0 Å². The molecular weight excluding hydrogens is 216 g/mol. The zero-order valence-corrected chi connectivity index (χ0v) is 9.19. The monoisotopic (exact) mass is 228 g/mol. The Morgan fingerprint density at radius 1 is 1.18 bits per heavy atom. The molecule has 0 aliphatic rings. The van der Waals surface area contributed by atoms with E-state index >= 15 is 0 Å². The number of aromatic nitrogens is 6. The SMILES string of the molecule is c1cnn(CCn2ccnc2-c2cnc[nH]2)c1. The van der Waals surface area contributed by atoms with Crippen molar-refractivity contribution in [3.63, 3.8) is 0 Å². The van der Waals surface area contributed by atoms with Crippen LogP contribution in [0.2, 0.25) is 0 Å². The van der Waals surface area contributed by atoms with E-state index in [4.69, 9.17) is 0 Å². The summed E-state index contributed by atoms with van der Waals surface area (Å²) in [6.45, 7) is 1.65. The highest BCUT2D eigenvalue weighted by Gasteiger charge is 2.06. The highest BCUT2D eigenvalue weighted by atomic mass is 15.3. The largest absolute Gasteiger partial charge is 0.342 e. The fourth-order valence-corrected chi connectivity index (χ4v) is 1.75. The van der Waals surface area contributed by atoms with Gasteiger partial charge in [0, 0.05) is 31.3 Å². The van der Waals surface area contributed by atoms with Gasteiger partial charge < -0.3 is 9.55 Å². The van der Waals surface area contributed by atoms with Crippen LogP contribution in [0.1, 0.15) is 0 Å². The summed E-state index contributed by atoms with van der Waals surface area (Å²) in [5, 5.41) is 4.17. The van der Waals surface area contributed by atoms with Crippen LogP contribution in [0.5, 0.6) is 0 Å². The molecule has 0 bridgehead atoms. The minimum absolute atomic E-state index is 0.824. The van der Waals surface area contributed by atoms with Crippen molar-refractivity contribution in [1.29, 1.82) is 0 Å². The summed E-state index contributed by atoms with van der Waals surface area (Å²) >= 11 is 0. The number of nitrogens with zero attached hydrogens (tertiary/aromatic N) is 5. The molecule has 0 spiro atoms. The van der Waals surface area contributed by atoms with Crippen molar-refractivity contribution < 1.29 is 0 Å². The molecule has 0 saturated heterocycles. The van der Waals surface area contributed by atoms with Gasteiger partial charge in [0.2, 0.25) is 0 Å². The molecule has 0 atom stereocenters. The van der Waals surface area contributed by atoms with Gasteiger partial charge >= 0.3 is 0 Å². The topological polar surface area (TPSA) is 64.3 Å². The second-order valence-electron chi connectivity index (χ2n) is 3.68. The third-order valence-corrected chi connectivity index (χ3v) is 2.58. The van der Waals surface area contributed by atoms with Crippen LogP contribution in [0.4, 0.5) is 0 Å². The van der Waals surface area contributed by atoms with E-state index in [-0.39, 0.29) is 0 Å². The van der Waals surface area contributed by atoms with Gasteiger partial charge in [0.05, 0.1) is 19.1 Å². The van der Waals surface area contributed by atoms with Crippen LogP contribution in [-0.2, 0) is 13.1 Å². The molecule has 3 heterocycles. The van der Waals surface area contributed by atoms with Crippen molar-refractivity contribution in [3.8, 4) is 11.5 Å². The van der Waals surface area contributed by atoms with Crippen molar-refractivity contribution in [3.05, 3.63) is 43.4 Å². The molecule has 0 unspecified atom stereocenters. The van der Waals surface area contributed by atoms with Crippen molar-refractivity contribution in [2.75, 3.05) is 0 Å². The number of aryl methyl sites for hydroxylation is 2. The fourth-order valence-electron chi connectivity index (χ4n) is 1.75. The number of H-pyrrole nitrogens is 1. The molecule has 0 radical (unpaired) electrons. The van der Waals surface area contributed by atoms with Crippen LogP contribution in [0.3, 0.4) is 0 Å². The van der Waals surface area contributed by atoms with Crippen LogP contribution in [-0.4, -0.2) is 29.3 Å².